The van der Waals surface area contributed by atoms with E-state index in [2.05, 4.69) is 28.6 Å². The Morgan fingerprint density at radius 3 is 2.93 bits per heavy atom. The van der Waals surface area contributed by atoms with Gasteiger partial charge in [0.05, 0.1) is 5.69 Å². The minimum absolute atomic E-state index is 0.839. The van der Waals surface area contributed by atoms with Crippen molar-refractivity contribution in [3.8, 4) is 0 Å². The van der Waals surface area contributed by atoms with Crippen LogP contribution in [0.1, 0.15) is 11.1 Å². The lowest BCUT2D eigenvalue weighted by Crippen LogP contribution is -1.99. The second-order valence-corrected chi connectivity index (χ2v) is 3.79. The predicted molar refractivity (Wildman–Crippen MR) is 61.7 cm³/mol. The summed E-state index contributed by atoms with van der Waals surface area (Å²) < 4.78 is 2.05. The zero-order valence-electron chi connectivity index (χ0n) is 9.07. The second kappa shape index (κ2) is 4.17. The van der Waals surface area contributed by atoms with Gasteiger partial charge in [0, 0.05) is 38.4 Å². The van der Waals surface area contributed by atoms with Crippen LogP contribution in [-0.2, 0) is 13.6 Å². The third kappa shape index (κ3) is 2.59. The maximum Gasteiger partial charge on any atom is 0.0532 e. The van der Waals surface area contributed by atoms with Crippen molar-refractivity contribution < 1.29 is 0 Å². The summed E-state index contributed by atoms with van der Waals surface area (Å²) in [6.45, 7) is 2.88. The number of hydrogen-bond acceptors (Lipinski definition) is 2. The van der Waals surface area contributed by atoms with Crippen molar-refractivity contribution in [1.82, 2.24) is 9.55 Å². The normalized spacial score (nSPS) is 10.3. The highest BCUT2D eigenvalue weighted by Crippen LogP contribution is 2.09. The Balaban J connectivity index is 1.99. The number of hydrogen-bond donors (Lipinski definition) is 1. The number of aryl methyl sites for hydroxylation is 2. The van der Waals surface area contributed by atoms with E-state index in [4.69, 9.17) is 0 Å². The molecule has 0 radical (unpaired) electrons. The van der Waals surface area contributed by atoms with Crippen LogP contribution in [-0.4, -0.2) is 9.55 Å². The van der Waals surface area contributed by atoms with Gasteiger partial charge in [0.25, 0.3) is 0 Å². The molecule has 0 spiro atoms. The SMILES string of the molecule is Cc1cncc(NCc2ccn(C)c2)c1. The lowest BCUT2D eigenvalue weighted by Gasteiger charge is -2.04. The molecule has 0 fully saturated rings. The molecule has 0 unspecified atom stereocenters. The molecule has 2 aromatic rings. The monoisotopic (exact) mass is 201 g/mol. The minimum atomic E-state index is 0.839. The zero-order chi connectivity index (χ0) is 10.7. The molecule has 0 saturated heterocycles. The van der Waals surface area contributed by atoms with Crippen LogP contribution in [0.3, 0.4) is 0 Å². The van der Waals surface area contributed by atoms with Crippen LogP contribution >= 0.6 is 0 Å². The molecule has 2 rings (SSSR count). The molecule has 2 aromatic heterocycles. The van der Waals surface area contributed by atoms with Crippen LogP contribution in [0.15, 0.2) is 36.9 Å². The summed E-state index contributed by atoms with van der Waals surface area (Å²) in [5.74, 6) is 0. The van der Waals surface area contributed by atoms with E-state index in [0.717, 1.165) is 12.2 Å². The minimum Gasteiger partial charge on any atom is -0.380 e. The van der Waals surface area contributed by atoms with Gasteiger partial charge in [0.1, 0.15) is 0 Å². The zero-order valence-corrected chi connectivity index (χ0v) is 9.07. The topological polar surface area (TPSA) is 29.9 Å². The van der Waals surface area contributed by atoms with Crippen LogP contribution < -0.4 is 5.32 Å². The Morgan fingerprint density at radius 2 is 2.27 bits per heavy atom. The van der Waals surface area contributed by atoms with E-state index in [0.29, 0.717) is 0 Å². The summed E-state index contributed by atoms with van der Waals surface area (Å²) in [4.78, 5) is 4.13. The van der Waals surface area contributed by atoms with E-state index in [-0.39, 0.29) is 0 Å². The molecule has 1 N–H and O–H groups in total. The van der Waals surface area contributed by atoms with Crippen LogP contribution in [0.2, 0.25) is 0 Å². The summed E-state index contributed by atoms with van der Waals surface area (Å²) in [5, 5.41) is 3.34. The van der Waals surface area contributed by atoms with Gasteiger partial charge in [-0.15, -0.1) is 0 Å². The maximum atomic E-state index is 4.13. The average Bonchev–Trinajstić information content (AvgIpc) is 2.62. The first-order chi connectivity index (χ1) is 7.24. The molecule has 0 aromatic carbocycles. The molecule has 0 aliphatic carbocycles. The molecule has 0 saturated carbocycles. The van der Waals surface area contributed by atoms with Gasteiger partial charge in [0.2, 0.25) is 0 Å². The third-order valence-corrected chi connectivity index (χ3v) is 2.26. The number of aromatic nitrogens is 2. The summed E-state index contributed by atoms with van der Waals surface area (Å²) in [6, 6.07) is 4.20. The largest absolute Gasteiger partial charge is 0.380 e. The van der Waals surface area contributed by atoms with Crippen LogP contribution in [0.4, 0.5) is 5.69 Å². The van der Waals surface area contributed by atoms with Gasteiger partial charge in [-0.2, -0.15) is 0 Å². The number of nitrogens with zero attached hydrogens (tertiary/aromatic N) is 2. The number of pyridine rings is 1. The van der Waals surface area contributed by atoms with E-state index in [9.17, 15) is 0 Å². The first-order valence-electron chi connectivity index (χ1n) is 5.00. The van der Waals surface area contributed by atoms with E-state index in [1.807, 2.05) is 37.1 Å². The summed E-state index contributed by atoms with van der Waals surface area (Å²) in [6.07, 6.45) is 7.85. The van der Waals surface area contributed by atoms with Gasteiger partial charge in [-0.05, 0) is 30.2 Å². The van der Waals surface area contributed by atoms with Crippen LogP contribution in [0.25, 0.3) is 0 Å². The Hall–Kier alpha value is -1.77. The molecule has 0 aliphatic rings. The smallest absolute Gasteiger partial charge is 0.0532 e. The first kappa shape index (κ1) is 9.77. The van der Waals surface area contributed by atoms with Gasteiger partial charge in [0.15, 0.2) is 0 Å². The van der Waals surface area contributed by atoms with Crippen LogP contribution in [0, 0.1) is 6.92 Å². The molecule has 3 nitrogen and oxygen atoms in total. The molecule has 2 heterocycles. The molecular weight excluding hydrogens is 186 g/mol. The highest BCUT2D eigenvalue weighted by molar-refractivity contribution is 5.42. The molecule has 0 amide bonds. The van der Waals surface area contributed by atoms with Gasteiger partial charge in [-0.3, -0.25) is 4.98 Å². The third-order valence-electron chi connectivity index (χ3n) is 2.26. The van der Waals surface area contributed by atoms with Crippen molar-refractivity contribution in [2.24, 2.45) is 7.05 Å². The standard InChI is InChI=1S/C12H15N3/c1-10-5-12(8-13-6-10)14-7-11-3-4-15(2)9-11/h3-6,8-9,14H,7H2,1-2H3. The second-order valence-electron chi connectivity index (χ2n) is 3.79. The predicted octanol–water partition coefficient (Wildman–Crippen LogP) is 2.34. The molecule has 0 bridgehead atoms. The summed E-state index contributed by atoms with van der Waals surface area (Å²) in [7, 11) is 2.03. The lowest BCUT2D eigenvalue weighted by molar-refractivity contribution is 0.920. The van der Waals surface area contributed by atoms with E-state index < -0.39 is 0 Å². The Kier molecular flexibility index (Phi) is 2.72. The first-order valence-corrected chi connectivity index (χ1v) is 5.00. The van der Waals surface area contributed by atoms with Gasteiger partial charge in [-0.1, -0.05) is 0 Å². The lowest BCUT2D eigenvalue weighted by atomic mass is 10.3. The molecule has 15 heavy (non-hydrogen) atoms. The molecule has 78 valence electrons. The maximum absolute atomic E-state index is 4.13. The summed E-state index contributed by atoms with van der Waals surface area (Å²) >= 11 is 0. The number of anilines is 1. The van der Waals surface area contributed by atoms with Gasteiger partial charge in [-0.25, -0.2) is 0 Å². The number of nitrogens with one attached hydrogen (secondary N) is 1. The van der Waals surface area contributed by atoms with Gasteiger partial charge < -0.3 is 9.88 Å². The molecule has 0 aliphatic heterocycles. The van der Waals surface area contributed by atoms with Crippen molar-refractivity contribution in [2.75, 3.05) is 5.32 Å². The fraction of sp³-hybridized carbons (Fsp3) is 0.250. The van der Waals surface area contributed by atoms with E-state index >= 15 is 0 Å². The molecule has 0 atom stereocenters. The van der Waals surface area contributed by atoms with E-state index in [1.54, 1.807) is 0 Å². The van der Waals surface area contributed by atoms with Gasteiger partial charge >= 0.3 is 0 Å². The highest BCUT2D eigenvalue weighted by Gasteiger charge is 1.95. The van der Waals surface area contributed by atoms with Crippen molar-refractivity contribution in [1.29, 1.82) is 0 Å². The van der Waals surface area contributed by atoms with Crippen molar-refractivity contribution in [3.05, 3.63) is 48.0 Å². The Bertz CT molecular complexity index is 446. The molecular formula is C12H15N3. The van der Waals surface area contributed by atoms with E-state index in [1.165, 1.54) is 11.1 Å². The van der Waals surface area contributed by atoms with Crippen molar-refractivity contribution >= 4 is 5.69 Å². The van der Waals surface area contributed by atoms with Crippen molar-refractivity contribution in [2.45, 2.75) is 13.5 Å². The Morgan fingerprint density at radius 1 is 1.40 bits per heavy atom. The van der Waals surface area contributed by atoms with Crippen LogP contribution in [0.5, 0.6) is 0 Å². The average molecular weight is 201 g/mol. The quantitative estimate of drug-likeness (QED) is 0.826. The highest BCUT2D eigenvalue weighted by atomic mass is 14.9. The number of rotatable bonds is 3. The Labute approximate surface area is 89.8 Å². The fourth-order valence-electron chi connectivity index (χ4n) is 1.52. The summed E-state index contributed by atoms with van der Waals surface area (Å²) in [5.41, 5.74) is 3.52. The van der Waals surface area contributed by atoms with Crippen molar-refractivity contribution in [3.63, 3.8) is 0 Å². The fourth-order valence-corrected chi connectivity index (χ4v) is 1.52. The molecule has 3 heteroatoms.